The molecule has 3 aromatic rings. The lowest BCUT2D eigenvalue weighted by Crippen LogP contribution is -2.00. The van der Waals surface area contributed by atoms with Gasteiger partial charge < -0.3 is 9.15 Å². The summed E-state index contributed by atoms with van der Waals surface area (Å²) in [6.07, 6.45) is 0.745. The standard InChI is InChI=1S/C18H16O3/c1-12-15-9-8-14(18(19)20-2)11-17(15)21-16(12)10-13-6-4-3-5-7-13/h3-9,11H,10H2,1-2H3. The van der Waals surface area contributed by atoms with Crippen molar-refractivity contribution in [2.24, 2.45) is 0 Å². The van der Waals surface area contributed by atoms with Gasteiger partial charge in [0.25, 0.3) is 0 Å². The van der Waals surface area contributed by atoms with Gasteiger partial charge >= 0.3 is 5.97 Å². The van der Waals surface area contributed by atoms with Crippen molar-refractivity contribution in [2.45, 2.75) is 13.3 Å². The second kappa shape index (κ2) is 5.44. The summed E-state index contributed by atoms with van der Waals surface area (Å²) in [5, 5.41) is 1.04. The van der Waals surface area contributed by atoms with E-state index in [-0.39, 0.29) is 5.97 Å². The number of benzene rings is 2. The zero-order chi connectivity index (χ0) is 14.8. The summed E-state index contributed by atoms with van der Waals surface area (Å²) in [6.45, 7) is 2.04. The second-order valence-corrected chi connectivity index (χ2v) is 5.02. The molecule has 0 aliphatic rings. The van der Waals surface area contributed by atoms with Crippen LogP contribution in [0.25, 0.3) is 11.0 Å². The molecule has 2 aromatic carbocycles. The molecule has 0 aliphatic heterocycles. The van der Waals surface area contributed by atoms with Crippen molar-refractivity contribution in [3.63, 3.8) is 0 Å². The van der Waals surface area contributed by atoms with Crippen molar-refractivity contribution in [3.8, 4) is 0 Å². The number of hydrogen-bond donors (Lipinski definition) is 0. The van der Waals surface area contributed by atoms with Gasteiger partial charge in [0.2, 0.25) is 0 Å². The number of methoxy groups -OCH3 is 1. The zero-order valence-electron chi connectivity index (χ0n) is 12.1. The Morgan fingerprint density at radius 1 is 1.14 bits per heavy atom. The highest BCUT2D eigenvalue weighted by molar-refractivity contribution is 5.94. The number of ether oxygens (including phenoxy) is 1. The highest BCUT2D eigenvalue weighted by atomic mass is 16.5. The Morgan fingerprint density at radius 3 is 2.62 bits per heavy atom. The largest absolute Gasteiger partial charge is 0.465 e. The number of rotatable bonds is 3. The number of hydrogen-bond acceptors (Lipinski definition) is 3. The minimum Gasteiger partial charge on any atom is -0.465 e. The fraction of sp³-hybridized carbons (Fsp3) is 0.167. The third kappa shape index (κ3) is 2.55. The molecule has 3 heteroatoms. The van der Waals surface area contributed by atoms with Crippen molar-refractivity contribution in [3.05, 3.63) is 71.0 Å². The zero-order valence-corrected chi connectivity index (χ0v) is 12.1. The van der Waals surface area contributed by atoms with Crippen LogP contribution < -0.4 is 0 Å². The maximum Gasteiger partial charge on any atom is 0.337 e. The van der Waals surface area contributed by atoms with E-state index in [1.54, 1.807) is 12.1 Å². The Labute approximate surface area is 123 Å². The topological polar surface area (TPSA) is 39.4 Å². The van der Waals surface area contributed by atoms with Crippen molar-refractivity contribution < 1.29 is 13.9 Å². The number of aryl methyl sites for hydroxylation is 1. The van der Waals surface area contributed by atoms with Crippen LogP contribution in [0.5, 0.6) is 0 Å². The summed E-state index contributed by atoms with van der Waals surface area (Å²) in [5.41, 5.74) is 3.55. The quantitative estimate of drug-likeness (QED) is 0.677. The Morgan fingerprint density at radius 2 is 1.90 bits per heavy atom. The SMILES string of the molecule is COC(=O)c1ccc2c(C)c(Cc3ccccc3)oc2c1. The monoisotopic (exact) mass is 280 g/mol. The van der Waals surface area contributed by atoms with Gasteiger partial charge in [0.1, 0.15) is 11.3 Å². The molecular formula is C18H16O3. The number of furan rings is 1. The number of carbonyl (C=O) groups excluding carboxylic acids is 1. The van der Waals surface area contributed by atoms with Crippen LogP contribution in [0.1, 0.15) is 27.2 Å². The van der Waals surface area contributed by atoms with Gasteiger partial charge in [-0.05, 0) is 36.2 Å². The van der Waals surface area contributed by atoms with Crippen molar-refractivity contribution >= 4 is 16.9 Å². The number of esters is 1. The first-order chi connectivity index (χ1) is 10.2. The van der Waals surface area contributed by atoms with Gasteiger partial charge in [-0.3, -0.25) is 0 Å². The highest BCUT2D eigenvalue weighted by Crippen LogP contribution is 2.28. The van der Waals surface area contributed by atoms with E-state index in [0.717, 1.165) is 28.7 Å². The van der Waals surface area contributed by atoms with Crippen LogP contribution in [0.3, 0.4) is 0 Å². The second-order valence-electron chi connectivity index (χ2n) is 5.02. The van der Waals surface area contributed by atoms with E-state index in [1.807, 2.05) is 31.2 Å². The Balaban J connectivity index is 2.01. The summed E-state index contributed by atoms with van der Waals surface area (Å²) in [7, 11) is 1.38. The molecule has 0 N–H and O–H groups in total. The lowest BCUT2D eigenvalue weighted by Gasteiger charge is -1.98. The average Bonchev–Trinajstić information content (AvgIpc) is 2.83. The van der Waals surface area contributed by atoms with E-state index in [2.05, 4.69) is 12.1 Å². The molecule has 0 saturated heterocycles. The Kier molecular flexibility index (Phi) is 3.48. The first-order valence-electron chi connectivity index (χ1n) is 6.83. The molecule has 3 nitrogen and oxygen atoms in total. The summed E-state index contributed by atoms with van der Waals surface area (Å²) in [5.74, 6) is 0.578. The van der Waals surface area contributed by atoms with E-state index in [1.165, 1.54) is 12.7 Å². The average molecular weight is 280 g/mol. The van der Waals surface area contributed by atoms with Crippen molar-refractivity contribution in [1.29, 1.82) is 0 Å². The lowest BCUT2D eigenvalue weighted by molar-refractivity contribution is 0.0601. The fourth-order valence-corrected chi connectivity index (χ4v) is 2.47. The summed E-state index contributed by atoms with van der Waals surface area (Å²) >= 11 is 0. The van der Waals surface area contributed by atoms with E-state index >= 15 is 0 Å². The van der Waals surface area contributed by atoms with Crippen LogP contribution in [0.15, 0.2) is 52.9 Å². The van der Waals surface area contributed by atoms with Gasteiger partial charge in [0, 0.05) is 11.8 Å². The van der Waals surface area contributed by atoms with Gasteiger partial charge in [0.15, 0.2) is 0 Å². The van der Waals surface area contributed by atoms with Gasteiger partial charge in [0.05, 0.1) is 12.7 Å². The van der Waals surface area contributed by atoms with Crippen molar-refractivity contribution in [2.75, 3.05) is 7.11 Å². The molecule has 0 spiro atoms. The van der Waals surface area contributed by atoms with Crippen LogP contribution in [0.4, 0.5) is 0 Å². The fourth-order valence-electron chi connectivity index (χ4n) is 2.47. The molecule has 21 heavy (non-hydrogen) atoms. The number of carbonyl (C=O) groups is 1. The molecule has 0 atom stereocenters. The van der Waals surface area contributed by atoms with E-state index in [0.29, 0.717) is 5.56 Å². The number of fused-ring (bicyclic) bond motifs is 1. The molecule has 0 unspecified atom stereocenters. The molecule has 0 fully saturated rings. The molecular weight excluding hydrogens is 264 g/mol. The molecule has 1 heterocycles. The molecule has 3 rings (SSSR count). The highest BCUT2D eigenvalue weighted by Gasteiger charge is 2.13. The minimum absolute atomic E-state index is 0.351. The van der Waals surface area contributed by atoms with E-state index in [9.17, 15) is 4.79 Å². The first kappa shape index (κ1) is 13.4. The molecule has 0 radical (unpaired) electrons. The van der Waals surface area contributed by atoms with Crippen LogP contribution in [-0.2, 0) is 11.2 Å². The van der Waals surface area contributed by atoms with Crippen LogP contribution >= 0.6 is 0 Å². The summed E-state index contributed by atoms with van der Waals surface area (Å²) in [4.78, 5) is 11.6. The third-order valence-corrected chi connectivity index (χ3v) is 3.67. The lowest BCUT2D eigenvalue weighted by atomic mass is 10.1. The minimum atomic E-state index is -0.351. The predicted molar refractivity (Wildman–Crippen MR) is 81.5 cm³/mol. The maximum absolute atomic E-state index is 11.6. The van der Waals surface area contributed by atoms with Gasteiger partial charge in [-0.15, -0.1) is 0 Å². The predicted octanol–water partition coefficient (Wildman–Crippen LogP) is 4.12. The Bertz CT molecular complexity index is 785. The molecule has 0 bridgehead atoms. The normalized spacial score (nSPS) is 10.8. The summed E-state index contributed by atoms with van der Waals surface area (Å²) < 4.78 is 10.7. The van der Waals surface area contributed by atoms with Crippen LogP contribution in [0.2, 0.25) is 0 Å². The molecule has 0 amide bonds. The molecule has 0 aliphatic carbocycles. The third-order valence-electron chi connectivity index (χ3n) is 3.67. The maximum atomic E-state index is 11.6. The first-order valence-corrected chi connectivity index (χ1v) is 6.83. The molecule has 1 aromatic heterocycles. The van der Waals surface area contributed by atoms with E-state index in [4.69, 9.17) is 9.15 Å². The van der Waals surface area contributed by atoms with Crippen molar-refractivity contribution in [1.82, 2.24) is 0 Å². The van der Waals surface area contributed by atoms with Gasteiger partial charge in [-0.25, -0.2) is 4.79 Å². The van der Waals surface area contributed by atoms with Gasteiger partial charge in [-0.1, -0.05) is 30.3 Å². The smallest absolute Gasteiger partial charge is 0.337 e. The van der Waals surface area contributed by atoms with Crippen LogP contribution in [-0.4, -0.2) is 13.1 Å². The Hall–Kier alpha value is -2.55. The van der Waals surface area contributed by atoms with Gasteiger partial charge in [-0.2, -0.15) is 0 Å². The van der Waals surface area contributed by atoms with E-state index < -0.39 is 0 Å². The molecule has 0 saturated carbocycles. The molecule has 106 valence electrons. The van der Waals surface area contributed by atoms with Crippen LogP contribution in [0, 0.1) is 6.92 Å². The summed E-state index contributed by atoms with van der Waals surface area (Å²) in [6, 6.07) is 15.6.